The average Bonchev–Trinajstić information content (AvgIpc) is 2.33. The van der Waals surface area contributed by atoms with Crippen LogP contribution in [0.1, 0.15) is 29.7 Å². The lowest BCUT2D eigenvalue weighted by molar-refractivity contribution is 0.258. The molecule has 1 atom stereocenters. The normalized spacial score (nSPS) is 20.4. The molecule has 1 aromatic carbocycles. The highest BCUT2D eigenvalue weighted by atomic mass is 16.4. The molecule has 1 heterocycles. The van der Waals surface area contributed by atoms with Gasteiger partial charge in [0.1, 0.15) is 0 Å². The number of rotatable bonds is 0. The molecule has 1 aliphatic heterocycles. The first kappa shape index (κ1) is 7.87. The number of hydrogen-bond donors (Lipinski definition) is 0. The summed E-state index contributed by atoms with van der Waals surface area (Å²) in [5.41, 5.74) is 5.23. The van der Waals surface area contributed by atoms with E-state index in [4.69, 9.17) is 4.65 Å². The summed E-state index contributed by atoms with van der Waals surface area (Å²) >= 11 is 0. The first-order chi connectivity index (χ1) is 5.68. The maximum absolute atomic E-state index is 5.43. The summed E-state index contributed by atoms with van der Waals surface area (Å²) in [5, 5.41) is 0. The first-order valence-corrected chi connectivity index (χ1v) is 4.28. The minimum Gasteiger partial charge on any atom is -0.428 e. The Kier molecular flexibility index (Phi) is 1.73. The van der Waals surface area contributed by atoms with Crippen LogP contribution in [0.2, 0.25) is 0 Å². The lowest BCUT2D eigenvalue weighted by atomic mass is 9.82. The van der Waals surface area contributed by atoms with E-state index < -0.39 is 0 Å². The maximum Gasteiger partial charge on any atom is 0.331 e. The topological polar surface area (TPSA) is 9.23 Å². The third-order valence-electron chi connectivity index (χ3n) is 2.39. The van der Waals surface area contributed by atoms with Gasteiger partial charge in [-0.15, -0.1) is 0 Å². The van der Waals surface area contributed by atoms with Gasteiger partial charge in [-0.05, 0) is 31.8 Å². The Bertz CT molecular complexity index is 320. The van der Waals surface area contributed by atoms with E-state index in [0.717, 1.165) is 0 Å². The van der Waals surface area contributed by atoms with E-state index in [2.05, 4.69) is 32.9 Å². The minimum absolute atomic E-state index is 0.235. The second-order valence-corrected chi connectivity index (χ2v) is 3.48. The van der Waals surface area contributed by atoms with Crippen molar-refractivity contribution in [3.63, 3.8) is 0 Å². The van der Waals surface area contributed by atoms with Crippen LogP contribution in [0.5, 0.6) is 0 Å². The molecule has 1 unspecified atom stereocenters. The second-order valence-electron chi connectivity index (χ2n) is 3.48. The quantitative estimate of drug-likeness (QED) is 0.523. The molecule has 61 valence electrons. The Morgan fingerprint density at radius 3 is 2.83 bits per heavy atom. The molecule has 2 rings (SSSR count). The van der Waals surface area contributed by atoms with Gasteiger partial charge in [-0.25, -0.2) is 0 Å². The largest absolute Gasteiger partial charge is 0.428 e. The van der Waals surface area contributed by atoms with Gasteiger partial charge < -0.3 is 4.65 Å². The molecule has 0 aromatic heterocycles. The standard InChI is InChI=1S/C10H12BO/c1-6-4-7(2)10-9(5-6)8(3)12-11-10/h4-5,8H,1-3H3. The second kappa shape index (κ2) is 2.63. The van der Waals surface area contributed by atoms with Gasteiger partial charge in [-0.3, -0.25) is 0 Å². The lowest BCUT2D eigenvalue weighted by Crippen LogP contribution is -2.15. The molecule has 0 saturated carbocycles. The zero-order chi connectivity index (χ0) is 8.72. The van der Waals surface area contributed by atoms with Gasteiger partial charge in [0.05, 0.1) is 6.10 Å². The smallest absolute Gasteiger partial charge is 0.331 e. The molecule has 0 spiro atoms. The van der Waals surface area contributed by atoms with Crippen LogP contribution < -0.4 is 5.46 Å². The molecule has 1 aliphatic rings. The highest BCUT2D eigenvalue weighted by molar-refractivity contribution is 6.49. The Balaban J connectivity index is 2.60. The lowest BCUT2D eigenvalue weighted by Gasteiger charge is -2.07. The van der Waals surface area contributed by atoms with Crippen molar-refractivity contribution < 1.29 is 4.65 Å². The van der Waals surface area contributed by atoms with Gasteiger partial charge in [0.25, 0.3) is 0 Å². The zero-order valence-electron chi connectivity index (χ0n) is 7.72. The van der Waals surface area contributed by atoms with Crippen molar-refractivity contribution in [1.29, 1.82) is 0 Å². The molecule has 2 heteroatoms. The molecule has 1 nitrogen and oxygen atoms in total. The van der Waals surface area contributed by atoms with E-state index in [1.54, 1.807) is 0 Å². The van der Waals surface area contributed by atoms with Crippen molar-refractivity contribution in [2.45, 2.75) is 26.9 Å². The van der Waals surface area contributed by atoms with Gasteiger partial charge in [0.15, 0.2) is 0 Å². The molecule has 0 bridgehead atoms. The summed E-state index contributed by atoms with van der Waals surface area (Å²) in [6, 6.07) is 4.40. The van der Waals surface area contributed by atoms with E-state index in [9.17, 15) is 0 Å². The van der Waals surface area contributed by atoms with Gasteiger partial charge in [0.2, 0.25) is 0 Å². The van der Waals surface area contributed by atoms with Crippen molar-refractivity contribution in [3.8, 4) is 0 Å². The monoisotopic (exact) mass is 159 g/mol. The van der Waals surface area contributed by atoms with Crippen LogP contribution in [0.3, 0.4) is 0 Å². The van der Waals surface area contributed by atoms with Crippen LogP contribution in [0.15, 0.2) is 12.1 Å². The average molecular weight is 159 g/mol. The molecule has 1 aromatic rings. The van der Waals surface area contributed by atoms with E-state index >= 15 is 0 Å². The fourth-order valence-corrected chi connectivity index (χ4v) is 1.75. The molecule has 0 amide bonds. The molecule has 12 heavy (non-hydrogen) atoms. The molecule has 1 radical (unpaired) electrons. The summed E-state index contributed by atoms with van der Waals surface area (Å²) in [7, 11) is 1.87. The summed E-state index contributed by atoms with van der Waals surface area (Å²) in [6.07, 6.45) is 0.235. The predicted octanol–water partition coefficient (Wildman–Crippen LogP) is 1.64. The fraction of sp³-hybridized carbons (Fsp3) is 0.400. The first-order valence-electron chi connectivity index (χ1n) is 4.28. The van der Waals surface area contributed by atoms with Gasteiger partial charge in [-0.2, -0.15) is 0 Å². The molecule has 0 fully saturated rings. The highest BCUT2D eigenvalue weighted by Crippen LogP contribution is 2.22. The van der Waals surface area contributed by atoms with Crippen LogP contribution in [-0.2, 0) is 4.65 Å². The highest BCUT2D eigenvalue weighted by Gasteiger charge is 2.22. The molecular weight excluding hydrogens is 147 g/mol. The van der Waals surface area contributed by atoms with Crippen molar-refractivity contribution in [1.82, 2.24) is 0 Å². The molecular formula is C10H12BO. The SMILES string of the molecule is Cc1cc(C)c2c(c1)C(C)O[B]2. The fourth-order valence-electron chi connectivity index (χ4n) is 1.75. The summed E-state index contributed by atoms with van der Waals surface area (Å²) in [4.78, 5) is 0. The van der Waals surface area contributed by atoms with Crippen molar-refractivity contribution in [2.24, 2.45) is 0 Å². The number of hydrogen-bond acceptors (Lipinski definition) is 1. The summed E-state index contributed by atoms with van der Waals surface area (Å²) in [5.74, 6) is 0. The van der Waals surface area contributed by atoms with E-state index in [0.29, 0.717) is 0 Å². The Hall–Kier alpha value is -0.755. The Labute approximate surface area is 74.0 Å². The minimum atomic E-state index is 0.235. The van der Waals surface area contributed by atoms with E-state index in [1.165, 1.54) is 22.2 Å². The van der Waals surface area contributed by atoms with Crippen molar-refractivity contribution >= 4 is 12.9 Å². The van der Waals surface area contributed by atoms with Crippen molar-refractivity contribution in [3.05, 3.63) is 28.8 Å². The van der Waals surface area contributed by atoms with Crippen LogP contribution in [-0.4, -0.2) is 7.48 Å². The Morgan fingerprint density at radius 2 is 2.08 bits per heavy atom. The van der Waals surface area contributed by atoms with Gasteiger partial charge in [0, 0.05) is 0 Å². The van der Waals surface area contributed by atoms with E-state index in [-0.39, 0.29) is 6.10 Å². The third kappa shape index (κ3) is 1.07. The van der Waals surface area contributed by atoms with Gasteiger partial charge >= 0.3 is 7.48 Å². The number of benzene rings is 1. The number of fused-ring (bicyclic) bond motifs is 1. The van der Waals surface area contributed by atoms with Crippen molar-refractivity contribution in [2.75, 3.05) is 0 Å². The van der Waals surface area contributed by atoms with Gasteiger partial charge in [-0.1, -0.05) is 23.3 Å². The van der Waals surface area contributed by atoms with Crippen LogP contribution in [0.25, 0.3) is 0 Å². The molecule has 0 N–H and O–H groups in total. The third-order valence-corrected chi connectivity index (χ3v) is 2.39. The predicted molar refractivity (Wildman–Crippen MR) is 50.8 cm³/mol. The number of aryl methyl sites for hydroxylation is 2. The summed E-state index contributed by atoms with van der Waals surface area (Å²) < 4.78 is 5.43. The Morgan fingerprint density at radius 1 is 1.33 bits per heavy atom. The van der Waals surface area contributed by atoms with Crippen LogP contribution in [0.4, 0.5) is 0 Å². The molecule has 0 saturated heterocycles. The maximum atomic E-state index is 5.43. The molecule has 0 aliphatic carbocycles. The van der Waals surface area contributed by atoms with E-state index in [1.807, 2.05) is 7.48 Å². The zero-order valence-corrected chi connectivity index (χ0v) is 7.72. The summed E-state index contributed by atoms with van der Waals surface area (Å²) in [6.45, 7) is 6.34. The van der Waals surface area contributed by atoms with Crippen LogP contribution >= 0.6 is 0 Å². The van der Waals surface area contributed by atoms with Crippen LogP contribution in [0, 0.1) is 13.8 Å².